The molecule has 4 fully saturated rings. The second-order valence-electron chi connectivity index (χ2n) is 11.5. The Bertz CT molecular complexity index is 1740. The van der Waals surface area contributed by atoms with Crippen LogP contribution < -0.4 is 10.6 Å². The molecule has 222 valence electrons. The van der Waals surface area contributed by atoms with E-state index in [9.17, 15) is 14.8 Å². The number of aromatic nitrogens is 3. The minimum Gasteiger partial charge on any atom is -0.479 e. The molecule has 3 aromatic heterocycles. The minimum atomic E-state index is -0.800. The summed E-state index contributed by atoms with van der Waals surface area (Å²) in [6.07, 6.45) is 7.36. The van der Waals surface area contributed by atoms with Gasteiger partial charge in [-0.1, -0.05) is 19.3 Å². The maximum atomic E-state index is 15.8. The molecular formula is C30H30F2N7O2SU-. The monoisotopic (exact) mass is 828 g/mol. The summed E-state index contributed by atoms with van der Waals surface area (Å²) >= 11 is 0.925. The summed E-state index contributed by atoms with van der Waals surface area (Å²) in [4.78, 5) is 17.0. The summed E-state index contributed by atoms with van der Waals surface area (Å²) in [5, 5.41) is 20.5. The Labute approximate surface area is 275 Å². The van der Waals surface area contributed by atoms with Crippen LogP contribution in [0.15, 0.2) is 18.3 Å². The number of hydrogen-bond donors (Lipinski definition) is 2. The minimum absolute atomic E-state index is 0. The van der Waals surface area contributed by atoms with Gasteiger partial charge >= 0.3 is 6.01 Å². The van der Waals surface area contributed by atoms with Crippen molar-refractivity contribution in [3.63, 3.8) is 0 Å². The molecule has 0 spiro atoms. The van der Waals surface area contributed by atoms with Crippen LogP contribution in [0.25, 0.3) is 32.2 Å². The molecule has 6 heterocycles. The largest absolute Gasteiger partial charge is 0.479 e. The first-order valence-electron chi connectivity index (χ1n) is 14.3. The summed E-state index contributed by atoms with van der Waals surface area (Å²) < 4.78 is 36.1. The number of aromatic hydroxyl groups is 1. The third-order valence-electron chi connectivity index (χ3n) is 8.54. The Morgan fingerprint density at radius 3 is 2.86 bits per heavy atom. The average molecular weight is 829 g/mol. The Morgan fingerprint density at radius 1 is 1.23 bits per heavy atom. The van der Waals surface area contributed by atoms with Crippen LogP contribution in [-0.2, 0) is 4.74 Å². The number of nitrogens with zero attached hydrogens (tertiary/aromatic N) is 6. The van der Waals surface area contributed by atoms with Crippen LogP contribution in [0, 0.1) is 66.0 Å². The van der Waals surface area contributed by atoms with Crippen LogP contribution in [0.3, 0.4) is 0 Å². The van der Waals surface area contributed by atoms with Crippen LogP contribution in [0.2, 0.25) is 0 Å². The fourth-order valence-electron chi connectivity index (χ4n) is 6.58. The zero-order chi connectivity index (χ0) is 29.1. The van der Waals surface area contributed by atoms with Crippen molar-refractivity contribution in [2.75, 3.05) is 36.9 Å². The number of fused-ring (bicyclic) bond motifs is 4. The maximum Gasteiger partial charge on any atom is 0.316 e. The van der Waals surface area contributed by atoms with E-state index in [1.807, 2.05) is 11.0 Å². The number of anilines is 2. The molecule has 1 unspecified atom stereocenters. The number of hydrogen-bond acceptors (Lipinski definition) is 10. The van der Waals surface area contributed by atoms with Gasteiger partial charge in [-0.05, 0) is 38.1 Å². The number of nitrogen functional groups attached to an aromatic ring is 1. The molecule has 9 nitrogen and oxygen atoms in total. The molecule has 1 aliphatic carbocycles. The first kappa shape index (κ1) is 30.4. The molecule has 4 aliphatic rings. The van der Waals surface area contributed by atoms with Crippen molar-refractivity contribution in [2.45, 2.75) is 51.2 Å². The van der Waals surface area contributed by atoms with Crippen molar-refractivity contribution >= 4 is 43.1 Å². The van der Waals surface area contributed by atoms with E-state index < -0.39 is 17.6 Å². The zero-order valence-electron chi connectivity index (χ0n) is 23.6. The van der Waals surface area contributed by atoms with Crippen molar-refractivity contribution in [1.29, 1.82) is 5.26 Å². The van der Waals surface area contributed by atoms with Gasteiger partial charge in [0.2, 0.25) is 0 Å². The molecule has 43 heavy (non-hydrogen) atoms. The van der Waals surface area contributed by atoms with Crippen LogP contribution >= 0.6 is 11.3 Å². The number of pyridine rings is 1. The molecule has 3 aliphatic heterocycles. The molecule has 1 aromatic carbocycles. The first-order valence-corrected chi connectivity index (χ1v) is 15.1. The summed E-state index contributed by atoms with van der Waals surface area (Å²) in [7, 11) is 0. The van der Waals surface area contributed by atoms with Gasteiger partial charge < -0.3 is 25.4 Å². The summed E-state index contributed by atoms with van der Waals surface area (Å²) in [6.45, 7) is 6.32. The third-order valence-corrected chi connectivity index (χ3v) is 9.57. The molecule has 13 heteroatoms. The standard InChI is InChI=1S/C22H16F2N6O2S.C8H14N.U/c23-12-3-2-9(15-10(7-25)20(26)33-19(12)15)17-16(24)18-11(8-27-17)21(29-22(31)28-18)30-4-1-5-32-14-6-13(14)30;1-7-5-8-3-2-4-9(8)6-7;/h2-3,8,13-14H,1,4-6,26H2,(H,28,29,31);7H,2-6H2,1H3;/q;-1;/t13-,14+;;/m1../s1. The second-order valence-corrected chi connectivity index (χ2v) is 12.5. The predicted molar refractivity (Wildman–Crippen MR) is 157 cm³/mol. The van der Waals surface area contributed by atoms with Gasteiger partial charge in [0.25, 0.3) is 0 Å². The number of rotatable bonds is 2. The molecule has 3 atom stereocenters. The maximum absolute atomic E-state index is 15.8. The van der Waals surface area contributed by atoms with Crippen molar-refractivity contribution < 1.29 is 49.7 Å². The van der Waals surface area contributed by atoms with E-state index in [0.717, 1.165) is 30.1 Å². The van der Waals surface area contributed by atoms with Crippen molar-refractivity contribution in [3.8, 4) is 23.3 Å². The van der Waals surface area contributed by atoms with Gasteiger partial charge in [-0.15, -0.1) is 11.3 Å². The zero-order valence-corrected chi connectivity index (χ0v) is 28.6. The first-order chi connectivity index (χ1) is 20.3. The van der Waals surface area contributed by atoms with E-state index in [0.29, 0.717) is 24.4 Å². The Hall–Kier alpha value is -2.61. The number of ether oxygens (including phenoxy) is 1. The Kier molecular flexibility index (Phi) is 8.53. The van der Waals surface area contributed by atoms with E-state index in [1.165, 1.54) is 50.7 Å². The summed E-state index contributed by atoms with van der Waals surface area (Å²) in [5.74, 6) is -0.0142. The average Bonchev–Trinajstić information content (AvgIpc) is 3.33. The van der Waals surface area contributed by atoms with E-state index in [1.54, 1.807) is 6.04 Å². The van der Waals surface area contributed by atoms with E-state index in [-0.39, 0.29) is 80.7 Å². The van der Waals surface area contributed by atoms with Crippen molar-refractivity contribution in [3.05, 3.63) is 41.6 Å². The molecule has 0 bridgehead atoms. The smallest absolute Gasteiger partial charge is 0.316 e. The van der Waals surface area contributed by atoms with Gasteiger partial charge in [-0.3, -0.25) is 11.0 Å². The number of nitriles is 1. The topological polar surface area (TPSA) is 124 Å². The molecule has 3 N–H and O–H groups in total. The number of benzene rings is 1. The fourth-order valence-corrected chi connectivity index (χ4v) is 7.53. The molecule has 0 amide bonds. The molecule has 8 rings (SSSR count). The van der Waals surface area contributed by atoms with E-state index >= 15 is 4.39 Å². The molecule has 3 saturated heterocycles. The van der Waals surface area contributed by atoms with Gasteiger partial charge in [0.1, 0.15) is 33.9 Å². The van der Waals surface area contributed by atoms with Crippen LogP contribution in [0.4, 0.5) is 19.6 Å². The van der Waals surface area contributed by atoms with Crippen molar-refractivity contribution in [2.24, 2.45) is 5.92 Å². The Balaban J connectivity index is 0.000000281. The van der Waals surface area contributed by atoms with Crippen LogP contribution in [0.5, 0.6) is 6.01 Å². The van der Waals surface area contributed by atoms with Crippen LogP contribution in [0.1, 0.15) is 44.6 Å². The van der Waals surface area contributed by atoms with Gasteiger partial charge in [0, 0.05) is 61.4 Å². The summed E-state index contributed by atoms with van der Waals surface area (Å²) in [5.41, 5.74) is 5.98. The number of halogens is 2. The fraction of sp³-hybridized carbons (Fsp3) is 0.433. The predicted octanol–water partition coefficient (Wildman–Crippen LogP) is 5.37. The van der Waals surface area contributed by atoms with Crippen molar-refractivity contribution in [1.82, 2.24) is 19.9 Å². The van der Waals surface area contributed by atoms with Gasteiger partial charge in [0.05, 0.1) is 27.8 Å². The third kappa shape index (κ3) is 5.46. The SMILES string of the molecule is CC1C[C-]2CCCN2C1.N#Cc1c(N)sc2c(F)ccc(-c3ncc4c(N5CCCO[C@H]6C[C@H]65)nc(O)nc4c3F)c12.[U]. The van der Waals surface area contributed by atoms with E-state index in [2.05, 4.69) is 26.8 Å². The number of thiophene rings is 1. The normalized spacial score (nSPS) is 23.2. The number of nitrogens with two attached hydrogens (primary N) is 1. The Morgan fingerprint density at radius 2 is 2.07 bits per heavy atom. The molecule has 4 aromatic rings. The summed E-state index contributed by atoms with van der Waals surface area (Å²) in [6, 6.07) is 5.82. The molecule has 0 radical (unpaired) electrons. The van der Waals surface area contributed by atoms with Gasteiger partial charge in [0.15, 0.2) is 5.82 Å². The molecule has 1 saturated carbocycles. The quantitative estimate of drug-likeness (QED) is 0.257. The van der Waals surface area contributed by atoms with Gasteiger partial charge in [-0.2, -0.15) is 28.1 Å². The van der Waals surface area contributed by atoms with Crippen LogP contribution in [-0.4, -0.2) is 63.3 Å². The molecular weight excluding hydrogens is 798 g/mol. The van der Waals surface area contributed by atoms with E-state index in [4.69, 9.17) is 10.5 Å². The second kappa shape index (κ2) is 12.1. The van der Waals surface area contributed by atoms with Gasteiger partial charge in [-0.25, -0.2) is 8.78 Å².